The molecule has 1 aliphatic rings. The molecule has 164 valence electrons. The fraction of sp³-hybridized carbons (Fsp3) is 0.174. The van der Waals surface area contributed by atoms with Gasteiger partial charge in [-0.25, -0.2) is 14.6 Å². The molecule has 1 fully saturated rings. The first kappa shape index (κ1) is 21.6. The Morgan fingerprint density at radius 3 is 2.50 bits per heavy atom. The summed E-state index contributed by atoms with van der Waals surface area (Å²) in [7, 11) is 0. The average molecular weight is 453 g/mol. The Balaban J connectivity index is 0.00000245. The Bertz CT molecular complexity index is 1350. The van der Waals surface area contributed by atoms with Gasteiger partial charge in [-0.3, -0.25) is 9.13 Å². The number of imidazole rings is 1. The van der Waals surface area contributed by atoms with Gasteiger partial charge in [-0.05, 0) is 60.5 Å². The number of hydrogen-bond donors (Lipinski definition) is 3. The Morgan fingerprint density at radius 2 is 1.84 bits per heavy atom. The van der Waals surface area contributed by atoms with Crippen LogP contribution in [-0.4, -0.2) is 43.4 Å². The number of pyridine rings is 1. The van der Waals surface area contributed by atoms with Crippen molar-refractivity contribution in [2.45, 2.75) is 12.5 Å². The van der Waals surface area contributed by atoms with Crippen LogP contribution in [0.15, 0.2) is 65.6 Å². The molecule has 0 radical (unpaired) electrons. The molecule has 0 spiro atoms. The van der Waals surface area contributed by atoms with Crippen molar-refractivity contribution in [1.29, 1.82) is 0 Å². The summed E-state index contributed by atoms with van der Waals surface area (Å²) in [5.41, 5.74) is 3.03. The van der Waals surface area contributed by atoms with E-state index in [0.29, 0.717) is 29.0 Å². The molecule has 4 aromatic rings. The third kappa shape index (κ3) is 3.53. The molecule has 0 saturated carbocycles. The largest absolute Gasteiger partial charge is 0.506 e. The summed E-state index contributed by atoms with van der Waals surface area (Å²) >= 11 is 0. The molecule has 0 bridgehead atoms. The topological polar surface area (TPSA) is 109 Å². The Kier molecular flexibility index (Phi) is 5.73. The van der Waals surface area contributed by atoms with Gasteiger partial charge in [0, 0.05) is 12.7 Å². The van der Waals surface area contributed by atoms with Gasteiger partial charge in [0.25, 0.3) is 0 Å². The molecule has 8 nitrogen and oxygen atoms in total. The normalized spacial score (nSPS) is 15.6. The molecule has 32 heavy (non-hydrogen) atoms. The number of aromatic nitrogens is 3. The van der Waals surface area contributed by atoms with Crippen LogP contribution in [0.25, 0.3) is 28.0 Å². The summed E-state index contributed by atoms with van der Waals surface area (Å²) in [4.78, 5) is 28.9. The van der Waals surface area contributed by atoms with E-state index in [1.807, 2.05) is 6.07 Å². The zero-order valence-electron chi connectivity index (χ0n) is 16.9. The average Bonchev–Trinajstić information content (AvgIpc) is 3.39. The Labute approximate surface area is 189 Å². The molecule has 1 saturated heterocycles. The third-order valence-electron chi connectivity index (χ3n) is 5.71. The van der Waals surface area contributed by atoms with Gasteiger partial charge in [-0.1, -0.05) is 18.2 Å². The van der Waals surface area contributed by atoms with E-state index < -0.39 is 5.97 Å². The van der Waals surface area contributed by atoms with Crippen molar-refractivity contribution >= 4 is 29.5 Å². The van der Waals surface area contributed by atoms with E-state index in [4.69, 9.17) is 5.11 Å². The molecule has 3 heterocycles. The smallest absolute Gasteiger partial charge is 0.335 e. The number of fused-ring (bicyclic) bond motifs is 1. The highest BCUT2D eigenvalue weighted by Crippen LogP contribution is 2.31. The number of rotatable bonds is 4. The molecule has 2 aromatic heterocycles. The van der Waals surface area contributed by atoms with Crippen LogP contribution in [0.1, 0.15) is 22.8 Å². The molecule has 2 aromatic carbocycles. The van der Waals surface area contributed by atoms with Crippen LogP contribution in [0, 0.1) is 0 Å². The number of benzene rings is 2. The van der Waals surface area contributed by atoms with Crippen LogP contribution in [0.5, 0.6) is 5.75 Å². The molecule has 3 N–H and O–H groups in total. The summed E-state index contributed by atoms with van der Waals surface area (Å²) in [5.74, 6) is -1.04. The van der Waals surface area contributed by atoms with Crippen molar-refractivity contribution in [3.05, 3.63) is 76.8 Å². The highest BCUT2D eigenvalue weighted by molar-refractivity contribution is 5.88. The quantitative estimate of drug-likeness (QED) is 0.438. The number of carboxylic acids is 1. The van der Waals surface area contributed by atoms with Crippen LogP contribution in [0.4, 0.5) is 0 Å². The first-order valence-corrected chi connectivity index (χ1v) is 10.0. The van der Waals surface area contributed by atoms with Crippen molar-refractivity contribution in [2.24, 2.45) is 0 Å². The van der Waals surface area contributed by atoms with Gasteiger partial charge in [-0.2, -0.15) is 0 Å². The highest BCUT2D eigenvalue weighted by atomic mass is 35.5. The van der Waals surface area contributed by atoms with Gasteiger partial charge in [0.1, 0.15) is 5.75 Å². The predicted molar refractivity (Wildman–Crippen MR) is 123 cm³/mol. The number of carbonyl (C=O) groups is 1. The molecular weight excluding hydrogens is 432 g/mol. The molecule has 5 rings (SSSR count). The second-order valence-electron chi connectivity index (χ2n) is 7.57. The predicted octanol–water partition coefficient (Wildman–Crippen LogP) is 3.21. The first-order chi connectivity index (χ1) is 15.0. The summed E-state index contributed by atoms with van der Waals surface area (Å²) in [5, 5.41) is 23.2. The van der Waals surface area contributed by atoms with Crippen molar-refractivity contribution in [3.63, 3.8) is 0 Å². The van der Waals surface area contributed by atoms with E-state index in [1.54, 1.807) is 47.2 Å². The maximum absolute atomic E-state index is 13.4. The summed E-state index contributed by atoms with van der Waals surface area (Å²) in [6.45, 7) is 1.55. The number of hydrogen-bond acceptors (Lipinski definition) is 5. The molecule has 1 atom stereocenters. The van der Waals surface area contributed by atoms with Crippen LogP contribution in [0.3, 0.4) is 0 Å². The van der Waals surface area contributed by atoms with E-state index >= 15 is 0 Å². The summed E-state index contributed by atoms with van der Waals surface area (Å²) < 4.78 is 3.20. The standard InChI is InChI=1S/C23H20N4O4.ClH/c28-20-12-16(14-3-5-15(6-4-14)22(29)30)7-8-18(20)27-19-2-1-10-25-21(19)26(23(27)31)17-9-11-24-13-17;/h1-8,10,12,17,24,28H,9,11,13H2,(H,29,30);1H/t17-;/m0./s1. The molecule has 0 amide bonds. The van der Waals surface area contributed by atoms with Gasteiger partial charge in [0.2, 0.25) is 0 Å². The minimum Gasteiger partial charge on any atom is -0.506 e. The monoisotopic (exact) mass is 452 g/mol. The number of phenols is 1. The number of aromatic hydroxyl groups is 1. The van der Waals surface area contributed by atoms with E-state index in [9.17, 15) is 14.7 Å². The van der Waals surface area contributed by atoms with Gasteiger partial charge in [0.15, 0.2) is 5.65 Å². The van der Waals surface area contributed by atoms with E-state index in [0.717, 1.165) is 18.5 Å². The number of phenolic OH excluding ortho intramolecular Hbond substituents is 1. The molecule has 0 aliphatic carbocycles. The SMILES string of the molecule is Cl.O=C(O)c1ccc(-c2ccc(-n3c(=O)n([C@H]4CCNC4)c4ncccc43)c(O)c2)cc1. The van der Waals surface area contributed by atoms with Gasteiger partial charge in [0.05, 0.1) is 22.8 Å². The third-order valence-corrected chi connectivity index (χ3v) is 5.71. The maximum atomic E-state index is 13.4. The minimum absolute atomic E-state index is 0. The Hall–Kier alpha value is -3.62. The summed E-state index contributed by atoms with van der Waals surface area (Å²) in [6.07, 6.45) is 2.50. The van der Waals surface area contributed by atoms with Crippen molar-refractivity contribution in [3.8, 4) is 22.6 Å². The van der Waals surface area contributed by atoms with E-state index in [1.165, 1.54) is 16.7 Å². The second kappa shape index (κ2) is 8.49. The first-order valence-electron chi connectivity index (χ1n) is 10.0. The lowest BCUT2D eigenvalue weighted by Gasteiger charge is -2.10. The number of nitrogens with one attached hydrogen (secondary N) is 1. The lowest BCUT2D eigenvalue weighted by molar-refractivity contribution is 0.0697. The number of carboxylic acid groups (broad SMARTS) is 1. The molecule has 9 heteroatoms. The van der Waals surface area contributed by atoms with Crippen LogP contribution < -0.4 is 11.0 Å². The van der Waals surface area contributed by atoms with E-state index in [-0.39, 0.29) is 35.5 Å². The highest BCUT2D eigenvalue weighted by Gasteiger charge is 2.25. The number of halogens is 1. The zero-order valence-corrected chi connectivity index (χ0v) is 17.7. The van der Waals surface area contributed by atoms with Crippen LogP contribution in [0.2, 0.25) is 0 Å². The lowest BCUT2D eigenvalue weighted by Crippen LogP contribution is -2.28. The zero-order chi connectivity index (χ0) is 21.5. The van der Waals surface area contributed by atoms with Crippen molar-refractivity contribution in [2.75, 3.05) is 13.1 Å². The molecule has 1 aliphatic heterocycles. The molecule has 0 unspecified atom stereocenters. The number of aromatic carboxylic acids is 1. The maximum Gasteiger partial charge on any atom is 0.335 e. The fourth-order valence-electron chi connectivity index (χ4n) is 4.17. The van der Waals surface area contributed by atoms with Crippen molar-refractivity contribution < 1.29 is 15.0 Å². The summed E-state index contributed by atoms with van der Waals surface area (Å²) in [6, 6.07) is 15.1. The minimum atomic E-state index is -0.994. The van der Waals surface area contributed by atoms with E-state index in [2.05, 4.69) is 10.3 Å². The number of nitrogens with zero attached hydrogens (tertiary/aromatic N) is 3. The Morgan fingerprint density at radius 1 is 1.09 bits per heavy atom. The molecular formula is C23H21ClN4O4. The van der Waals surface area contributed by atoms with Crippen LogP contribution in [-0.2, 0) is 0 Å². The second-order valence-corrected chi connectivity index (χ2v) is 7.57. The van der Waals surface area contributed by atoms with Crippen LogP contribution >= 0.6 is 12.4 Å². The van der Waals surface area contributed by atoms with Gasteiger partial charge >= 0.3 is 11.7 Å². The fourth-order valence-corrected chi connectivity index (χ4v) is 4.17. The van der Waals surface area contributed by atoms with Gasteiger partial charge in [-0.15, -0.1) is 12.4 Å². The van der Waals surface area contributed by atoms with Gasteiger partial charge < -0.3 is 15.5 Å². The van der Waals surface area contributed by atoms with Crippen molar-refractivity contribution in [1.82, 2.24) is 19.4 Å². The lowest BCUT2D eigenvalue weighted by atomic mass is 10.0.